The fraction of sp³-hybridized carbons (Fsp3) is 0.533. The maximum Gasteiger partial charge on any atom is 0.215 e. The lowest BCUT2D eigenvalue weighted by Gasteiger charge is -2.38. The summed E-state index contributed by atoms with van der Waals surface area (Å²) in [4.78, 5) is 12.2. The molecule has 2 unspecified atom stereocenters. The average molecular weight is 578 g/mol. The number of nitrogens with one attached hydrogen (secondary N) is 1. The summed E-state index contributed by atoms with van der Waals surface area (Å²) in [5, 5.41) is 14.5. The molecule has 1 aromatic carbocycles. The van der Waals surface area contributed by atoms with Crippen molar-refractivity contribution >= 4 is 37.8 Å². The van der Waals surface area contributed by atoms with Crippen LogP contribution in [0.5, 0.6) is 5.88 Å². The van der Waals surface area contributed by atoms with Crippen LogP contribution in [0.4, 0.5) is 20.8 Å². The number of halogens is 1. The Hall–Kier alpha value is -3.17. The number of anilines is 3. The monoisotopic (exact) mass is 577 g/mol. The van der Waals surface area contributed by atoms with Crippen molar-refractivity contribution in [3.8, 4) is 11.9 Å². The van der Waals surface area contributed by atoms with Crippen molar-refractivity contribution in [2.75, 3.05) is 74.6 Å². The van der Waals surface area contributed by atoms with E-state index in [2.05, 4.69) is 32.2 Å². The van der Waals surface area contributed by atoms with Gasteiger partial charge in [-0.1, -0.05) is 0 Å². The van der Waals surface area contributed by atoms with E-state index < -0.39 is 0 Å². The molecule has 216 valence electrons. The number of piperazine rings is 1. The Morgan fingerprint density at radius 3 is 2.73 bits per heavy atom. The van der Waals surface area contributed by atoms with Gasteiger partial charge in [0.25, 0.3) is 0 Å². The van der Waals surface area contributed by atoms with Crippen LogP contribution in [0.2, 0.25) is 0 Å². The van der Waals surface area contributed by atoms with Gasteiger partial charge in [-0.05, 0) is 37.8 Å². The van der Waals surface area contributed by atoms with Crippen molar-refractivity contribution in [2.45, 2.75) is 44.3 Å². The smallest absolute Gasteiger partial charge is 0.215 e. The Kier molecular flexibility index (Phi) is 7.33. The molecule has 6 heterocycles. The zero-order valence-corrected chi connectivity index (χ0v) is 24.0. The van der Waals surface area contributed by atoms with E-state index in [0.29, 0.717) is 51.8 Å². The molecule has 9 nitrogen and oxygen atoms in total. The van der Waals surface area contributed by atoms with Gasteiger partial charge in [0, 0.05) is 79.7 Å². The minimum Gasteiger partial charge on any atom is -0.478 e. The van der Waals surface area contributed by atoms with Crippen molar-refractivity contribution in [1.29, 1.82) is 5.26 Å². The van der Waals surface area contributed by atoms with Crippen LogP contribution in [0.1, 0.15) is 36.1 Å². The second-order valence-corrected chi connectivity index (χ2v) is 12.6. The second-order valence-electron chi connectivity index (χ2n) is 11.5. The Bertz CT molecular complexity index is 1470. The van der Waals surface area contributed by atoms with Gasteiger partial charge in [0.2, 0.25) is 5.88 Å². The minimum atomic E-state index is -0.346. The standard InChI is InChI=1S/C30H36FN7O2S/c31-23-4-5-25(28-22(15-32)30(33)41-29(23)28)37-8-6-21-24(18-37)35-27(40-11-1-7-36-9-12-39-13-10-36)14-26(21)38-16-19-2-3-20(17-38)34-19/h4-5,14,19-20,34H,1-3,6-13,16-18,33H2. The van der Waals surface area contributed by atoms with Gasteiger partial charge in [-0.15, -0.1) is 11.3 Å². The highest BCUT2D eigenvalue weighted by Gasteiger charge is 2.35. The van der Waals surface area contributed by atoms with Gasteiger partial charge >= 0.3 is 0 Å². The maximum absolute atomic E-state index is 14.7. The van der Waals surface area contributed by atoms with E-state index in [0.717, 1.165) is 88.0 Å². The first-order chi connectivity index (χ1) is 20.1. The van der Waals surface area contributed by atoms with E-state index in [4.69, 9.17) is 20.2 Å². The molecular formula is C30H36FN7O2S. The number of morpholine rings is 1. The van der Waals surface area contributed by atoms with E-state index in [-0.39, 0.29) is 5.82 Å². The Balaban J connectivity index is 1.17. The quantitative estimate of drug-likeness (QED) is 0.409. The molecule has 3 fully saturated rings. The summed E-state index contributed by atoms with van der Waals surface area (Å²) < 4.78 is 26.9. The Labute approximate surface area is 243 Å². The first-order valence-corrected chi connectivity index (χ1v) is 15.5. The highest BCUT2D eigenvalue weighted by atomic mass is 32.1. The molecule has 3 saturated heterocycles. The third kappa shape index (κ3) is 5.18. The molecule has 2 atom stereocenters. The number of ether oxygens (including phenoxy) is 2. The van der Waals surface area contributed by atoms with Crippen molar-refractivity contribution in [3.05, 3.63) is 40.8 Å². The number of rotatable bonds is 7. The van der Waals surface area contributed by atoms with E-state index in [1.165, 1.54) is 30.2 Å². The number of nitrogens with zero attached hydrogens (tertiary/aromatic N) is 5. The summed E-state index contributed by atoms with van der Waals surface area (Å²) in [6, 6.07) is 8.66. The van der Waals surface area contributed by atoms with Gasteiger partial charge in [-0.2, -0.15) is 5.26 Å². The number of hydrogen-bond acceptors (Lipinski definition) is 10. The molecule has 0 radical (unpaired) electrons. The maximum atomic E-state index is 14.7. The number of pyridine rings is 1. The SMILES string of the molecule is N#Cc1c(N)sc2c(F)ccc(N3CCc4c(N5CC6CCC(C5)N6)cc(OCCCN5CCOCC5)nc4C3)c12. The minimum absolute atomic E-state index is 0.346. The lowest BCUT2D eigenvalue weighted by molar-refractivity contribution is 0.0357. The van der Waals surface area contributed by atoms with Crippen molar-refractivity contribution in [1.82, 2.24) is 15.2 Å². The van der Waals surface area contributed by atoms with Crippen LogP contribution in [0, 0.1) is 17.1 Å². The molecule has 0 aliphatic carbocycles. The number of thiophene rings is 1. The molecule has 0 spiro atoms. The topological polar surface area (TPSA) is 103 Å². The molecule has 11 heteroatoms. The largest absolute Gasteiger partial charge is 0.478 e. The highest BCUT2D eigenvalue weighted by Crippen LogP contribution is 2.42. The van der Waals surface area contributed by atoms with Crippen LogP contribution in [0.15, 0.2) is 18.2 Å². The first kappa shape index (κ1) is 26.7. The van der Waals surface area contributed by atoms with Gasteiger partial charge < -0.3 is 30.3 Å². The summed E-state index contributed by atoms with van der Waals surface area (Å²) in [6.07, 6.45) is 4.19. The van der Waals surface area contributed by atoms with Crippen LogP contribution in [-0.2, 0) is 17.7 Å². The van der Waals surface area contributed by atoms with Gasteiger partial charge in [0.05, 0.1) is 42.3 Å². The predicted octanol–water partition coefficient (Wildman–Crippen LogP) is 3.49. The zero-order valence-electron chi connectivity index (χ0n) is 23.2. The van der Waals surface area contributed by atoms with Crippen molar-refractivity contribution < 1.29 is 13.9 Å². The van der Waals surface area contributed by atoms with Gasteiger partial charge in [0.1, 0.15) is 16.9 Å². The molecule has 2 bridgehead atoms. The van der Waals surface area contributed by atoms with Crippen LogP contribution in [0.3, 0.4) is 0 Å². The summed E-state index contributed by atoms with van der Waals surface area (Å²) in [5.41, 5.74) is 10.8. The number of benzene rings is 1. The molecular weight excluding hydrogens is 541 g/mol. The highest BCUT2D eigenvalue weighted by molar-refractivity contribution is 7.23. The summed E-state index contributed by atoms with van der Waals surface area (Å²) in [7, 11) is 0. The molecule has 3 N–H and O–H groups in total. The summed E-state index contributed by atoms with van der Waals surface area (Å²) in [5.74, 6) is 0.316. The van der Waals surface area contributed by atoms with Gasteiger partial charge in [0.15, 0.2) is 0 Å². The van der Waals surface area contributed by atoms with Gasteiger partial charge in [-0.25, -0.2) is 9.37 Å². The third-order valence-electron chi connectivity index (χ3n) is 8.91. The van der Waals surface area contributed by atoms with Crippen LogP contribution in [-0.4, -0.2) is 81.1 Å². The first-order valence-electron chi connectivity index (χ1n) is 14.7. The predicted molar refractivity (Wildman–Crippen MR) is 159 cm³/mol. The number of aromatic nitrogens is 1. The van der Waals surface area contributed by atoms with Crippen LogP contribution < -0.4 is 25.6 Å². The Morgan fingerprint density at radius 2 is 1.95 bits per heavy atom. The third-order valence-corrected chi connectivity index (χ3v) is 9.94. The normalized spacial score (nSPS) is 22.6. The molecule has 7 rings (SSSR count). The summed E-state index contributed by atoms with van der Waals surface area (Å²) >= 11 is 1.14. The molecule has 41 heavy (non-hydrogen) atoms. The molecule has 4 aliphatic rings. The Morgan fingerprint density at radius 1 is 1.15 bits per heavy atom. The van der Waals surface area contributed by atoms with E-state index in [1.807, 2.05) is 0 Å². The van der Waals surface area contributed by atoms with E-state index in [9.17, 15) is 9.65 Å². The lowest BCUT2D eigenvalue weighted by atomic mass is 9.99. The second kappa shape index (κ2) is 11.2. The number of nitrogen functional groups attached to an aromatic ring is 1. The van der Waals surface area contributed by atoms with E-state index in [1.54, 1.807) is 6.07 Å². The number of nitrogens with two attached hydrogens (primary N) is 1. The number of nitriles is 1. The number of fused-ring (bicyclic) bond motifs is 4. The molecule has 0 saturated carbocycles. The molecule has 2 aromatic heterocycles. The van der Waals surface area contributed by atoms with Crippen molar-refractivity contribution in [2.24, 2.45) is 0 Å². The van der Waals surface area contributed by atoms with E-state index >= 15 is 0 Å². The average Bonchev–Trinajstić information content (AvgIpc) is 3.52. The molecule has 4 aliphatic heterocycles. The summed E-state index contributed by atoms with van der Waals surface area (Å²) in [6.45, 7) is 8.44. The van der Waals surface area contributed by atoms with Gasteiger partial charge in [-0.3, -0.25) is 4.90 Å². The number of hydrogen-bond donors (Lipinski definition) is 2. The molecule has 0 amide bonds. The lowest BCUT2D eigenvalue weighted by Crippen LogP contribution is -2.51. The van der Waals surface area contributed by atoms with Crippen LogP contribution >= 0.6 is 11.3 Å². The zero-order chi connectivity index (χ0) is 27.9. The fourth-order valence-electron chi connectivity index (χ4n) is 6.89. The van der Waals surface area contributed by atoms with Crippen LogP contribution in [0.25, 0.3) is 10.1 Å². The van der Waals surface area contributed by atoms with Crippen molar-refractivity contribution in [3.63, 3.8) is 0 Å². The fourth-order valence-corrected chi connectivity index (χ4v) is 7.83. The molecule has 3 aromatic rings.